The van der Waals surface area contributed by atoms with Gasteiger partial charge in [0.15, 0.2) is 4.32 Å². The molecule has 1 fully saturated rings. The first-order valence-electron chi connectivity index (χ1n) is 8.35. The van der Waals surface area contributed by atoms with Gasteiger partial charge in [0, 0.05) is 17.3 Å². The van der Waals surface area contributed by atoms with Gasteiger partial charge in [0.25, 0.3) is 5.91 Å². The number of nitrogens with one attached hydrogen (secondary N) is 2. The van der Waals surface area contributed by atoms with Crippen molar-refractivity contribution in [3.8, 4) is 11.5 Å². The topological polar surface area (TPSA) is 79.9 Å². The van der Waals surface area contributed by atoms with Gasteiger partial charge in [-0.25, -0.2) is 10.2 Å². The molecule has 1 aliphatic rings. The van der Waals surface area contributed by atoms with Gasteiger partial charge in [0.05, 0.1) is 29.2 Å². The van der Waals surface area contributed by atoms with Gasteiger partial charge in [0.1, 0.15) is 11.5 Å². The van der Waals surface area contributed by atoms with Crippen molar-refractivity contribution >= 4 is 75.2 Å². The van der Waals surface area contributed by atoms with Crippen molar-refractivity contribution in [2.45, 2.75) is 0 Å². The molecule has 1 heterocycles. The molecule has 30 heavy (non-hydrogen) atoms. The van der Waals surface area contributed by atoms with E-state index in [2.05, 4.69) is 10.7 Å². The molecule has 1 aliphatic heterocycles. The number of methoxy groups -OCH3 is 2. The van der Waals surface area contributed by atoms with Crippen molar-refractivity contribution in [3.63, 3.8) is 0 Å². The second kappa shape index (κ2) is 9.57. The number of amides is 3. The second-order valence-corrected chi connectivity index (χ2v) is 8.31. The fourth-order valence-corrected chi connectivity index (χ4v) is 3.95. The molecule has 2 aromatic carbocycles. The van der Waals surface area contributed by atoms with Crippen LogP contribution in [0.15, 0.2) is 41.3 Å². The van der Waals surface area contributed by atoms with E-state index < -0.39 is 11.9 Å². The van der Waals surface area contributed by atoms with Crippen LogP contribution >= 0.6 is 47.2 Å². The summed E-state index contributed by atoms with van der Waals surface area (Å²) in [7, 11) is 3.07. The molecular formula is C19H15Cl2N3O4S2. The normalized spacial score (nSPS) is 14.8. The molecule has 0 aliphatic carbocycles. The third-order valence-electron chi connectivity index (χ3n) is 3.91. The molecule has 2 N–H and O–H groups in total. The third kappa shape index (κ3) is 4.99. The molecule has 0 radical (unpaired) electrons. The van der Waals surface area contributed by atoms with Gasteiger partial charge in [-0.1, -0.05) is 35.0 Å². The number of hydrogen-bond donors (Lipinski definition) is 2. The largest absolute Gasteiger partial charge is 0.497 e. The molecule has 0 saturated carbocycles. The lowest BCUT2D eigenvalue weighted by Gasteiger charge is -2.16. The number of carbonyl (C=O) groups excluding carboxylic acids is 2. The lowest BCUT2D eigenvalue weighted by atomic mass is 10.1. The minimum Gasteiger partial charge on any atom is -0.497 e. The Bertz CT molecular complexity index is 1060. The van der Waals surface area contributed by atoms with E-state index in [0.29, 0.717) is 32.7 Å². The number of anilines is 1. The number of hydrogen-bond acceptors (Lipinski definition) is 6. The number of ether oxygens (including phenoxy) is 2. The van der Waals surface area contributed by atoms with Gasteiger partial charge in [-0.3, -0.25) is 4.79 Å². The van der Waals surface area contributed by atoms with Gasteiger partial charge in [-0.05, 0) is 48.6 Å². The van der Waals surface area contributed by atoms with E-state index in [1.807, 2.05) is 0 Å². The Labute approximate surface area is 192 Å². The number of rotatable bonds is 5. The number of carbonyl (C=O) groups is 2. The summed E-state index contributed by atoms with van der Waals surface area (Å²) in [6.07, 6.45) is 1.64. The zero-order chi connectivity index (χ0) is 21.8. The van der Waals surface area contributed by atoms with Crippen LogP contribution in [0.2, 0.25) is 10.0 Å². The molecule has 0 aromatic heterocycles. The lowest BCUT2D eigenvalue weighted by Crippen LogP contribution is -2.46. The van der Waals surface area contributed by atoms with Crippen LogP contribution in [0.25, 0.3) is 6.08 Å². The molecule has 11 heteroatoms. The maximum atomic E-state index is 12.7. The van der Waals surface area contributed by atoms with Crippen molar-refractivity contribution in [3.05, 3.63) is 56.9 Å². The number of halogens is 2. The average Bonchev–Trinajstić information content (AvgIpc) is 2.98. The van der Waals surface area contributed by atoms with E-state index in [-0.39, 0.29) is 9.34 Å². The summed E-state index contributed by atoms with van der Waals surface area (Å²) in [5.41, 5.74) is 3.50. The summed E-state index contributed by atoms with van der Waals surface area (Å²) in [6, 6.07) is 9.16. The second-order valence-electron chi connectivity index (χ2n) is 5.82. The first-order valence-corrected chi connectivity index (χ1v) is 10.3. The third-order valence-corrected chi connectivity index (χ3v) is 5.95. The number of nitrogens with zero attached hydrogens (tertiary/aromatic N) is 1. The van der Waals surface area contributed by atoms with E-state index in [4.69, 9.17) is 44.9 Å². The molecule has 0 spiro atoms. The molecule has 1 saturated heterocycles. The van der Waals surface area contributed by atoms with Crippen LogP contribution < -0.4 is 20.2 Å². The Morgan fingerprint density at radius 3 is 2.57 bits per heavy atom. The zero-order valence-corrected chi connectivity index (χ0v) is 18.8. The Morgan fingerprint density at radius 1 is 1.13 bits per heavy atom. The van der Waals surface area contributed by atoms with E-state index >= 15 is 0 Å². The highest BCUT2D eigenvalue weighted by molar-refractivity contribution is 8.26. The Kier molecular flexibility index (Phi) is 7.09. The number of thiocarbonyl (C=S) groups is 1. The number of urea groups is 1. The summed E-state index contributed by atoms with van der Waals surface area (Å²) in [6.45, 7) is 0. The molecule has 3 rings (SSSR count). The van der Waals surface area contributed by atoms with Gasteiger partial charge in [0.2, 0.25) is 0 Å². The van der Waals surface area contributed by atoms with Crippen LogP contribution in [-0.4, -0.2) is 35.5 Å². The van der Waals surface area contributed by atoms with E-state index in [1.165, 1.54) is 13.2 Å². The van der Waals surface area contributed by atoms with E-state index in [9.17, 15) is 9.59 Å². The van der Waals surface area contributed by atoms with Crippen LogP contribution in [0.3, 0.4) is 0 Å². The minimum absolute atomic E-state index is 0.183. The average molecular weight is 484 g/mol. The van der Waals surface area contributed by atoms with Crippen LogP contribution in [0, 0.1) is 0 Å². The summed E-state index contributed by atoms with van der Waals surface area (Å²) >= 11 is 18.1. The molecule has 2 aromatic rings. The summed E-state index contributed by atoms with van der Waals surface area (Å²) in [4.78, 5) is 25.3. The van der Waals surface area contributed by atoms with Crippen molar-refractivity contribution in [2.24, 2.45) is 0 Å². The number of hydrazine groups is 1. The fourth-order valence-electron chi connectivity index (χ4n) is 2.48. The SMILES string of the molecule is COc1ccc(/C=C2/SC(=S)N(NC(=O)Nc3ccc(Cl)c(Cl)c3)C2=O)c(OC)c1. The zero-order valence-electron chi connectivity index (χ0n) is 15.7. The van der Waals surface area contributed by atoms with E-state index in [0.717, 1.165) is 16.8 Å². The van der Waals surface area contributed by atoms with Gasteiger partial charge >= 0.3 is 6.03 Å². The van der Waals surface area contributed by atoms with Gasteiger partial charge < -0.3 is 14.8 Å². The minimum atomic E-state index is -0.659. The number of benzene rings is 2. The first-order chi connectivity index (χ1) is 14.3. The Hall–Kier alpha value is -2.46. The van der Waals surface area contributed by atoms with Gasteiger partial charge in [-0.2, -0.15) is 5.01 Å². The molecule has 0 unspecified atom stereocenters. The van der Waals surface area contributed by atoms with Crippen molar-refractivity contribution in [2.75, 3.05) is 19.5 Å². The molecule has 7 nitrogen and oxygen atoms in total. The predicted octanol–water partition coefficient (Wildman–Crippen LogP) is 4.95. The highest BCUT2D eigenvalue weighted by atomic mass is 35.5. The quantitative estimate of drug-likeness (QED) is 0.462. The predicted molar refractivity (Wildman–Crippen MR) is 123 cm³/mol. The van der Waals surface area contributed by atoms with Crippen molar-refractivity contribution in [1.29, 1.82) is 0 Å². The fraction of sp³-hybridized carbons (Fsp3) is 0.105. The van der Waals surface area contributed by atoms with Crippen LogP contribution in [0.5, 0.6) is 11.5 Å². The van der Waals surface area contributed by atoms with Crippen LogP contribution in [0.1, 0.15) is 5.56 Å². The van der Waals surface area contributed by atoms with Crippen LogP contribution in [-0.2, 0) is 4.79 Å². The standard InChI is InChI=1S/C19H15Cl2N3O4S2/c1-27-12-5-3-10(15(9-12)28-2)7-16-17(25)24(19(29)30-16)23-18(26)22-11-4-6-13(20)14(21)8-11/h3-9H,1-2H3,(H2,22,23,26)/b16-7+. The molecular weight excluding hydrogens is 469 g/mol. The van der Waals surface area contributed by atoms with Gasteiger partial charge in [-0.15, -0.1) is 0 Å². The molecule has 0 atom stereocenters. The first kappa shape index (κ1) is 22.2. The van der Waals surface area contributed by atoms with E-state index in [1.54, 1.807) is 43.5 Å². The maximum absolute atomic E-state index is 12.7. The number of thioether (sulfide) groups is 1. The smallest absolute Gasteiger partial charge is 0.338 e. The highest BCUT2D eigenvalue weighted by Gasteiger charge is 2.34. The van der Waals surface area contributed by atoms with Crippen molar-refractivity contribution < 1.29 is 19.1 Å². The molecule has 0 bridgehead atoms. The summed E-state index contributed by atoms with van der Waals surface area (Å²) < 4.78 is 10.7. The monoisotopic (exact) mass is 483 g/mol. The maximum Gasteiger partial charge on any atom is 0.338 e. The highest BCUT2D eigenvalue weighted by Crippen LogP contribution is 2.34. The molecule has 3 amide bonds. The Morgan fingerprint density at radius 2 is 1.90 bits per heavy atom. The molecule has 156 valence electrons. The Balaban J connectivity index is 1.73. The summed E-state index contributed by atoms with van der Waals surface area (Å²) in [5.74, 6) is 0.689. The van der Waals surface area contributed by atoms with Crippen LogP contribution in [0.4, 0.5) is 10.5 Å². The van der Waals surface area contributed by atoms with Crippen molar-refractivity contribution in [1.82, 2.24) is 10.4 Å². The summed E-state index contributed by atoms with van der Waals surface area (Å²) in [5, 5.41) is 4.21. The lowest BCUT2D eigenvalue weighted by molar-refractivity contribution is -0.123.